The first-order chi connectivity index (χ1) is 25.1. The SMILES string of the molecule is Clc1cccc2c1oc1cc(-c3nc(-c4cc(-c5ccccc5)cc(-c5ccccc5)c4)nc(-c4ccc5c(c4)oc4ccccc45)n3)ccc12. The summed E-state index contributed by atoms with van der Waals surface area (Å²) < 4.78 is 12.5. The van der Waals surface area contributed by atoms with E-state index in [1.54, 1.807) is 0 Å². The molecule has 0 aliphatic carbocycles. The molecular weight excluding hydrogens is 650 g/mol. The van der Waals surface area contributed by atoms with E-state index in [1.807, 2.05) is 78.9 Å². The Morgan fingerprint density at radius 1 is 0.333 bits per heavy atom. The summed E-state index contributed by atoms with van der Waals surface area (Å²) in [7, 11) is 0. The van der Waals surface area contributed by atoms with Crippen LogP contribution in [0.15, 0.2) is 167 Å². The van der Waals surface area contributed by atoms with E-state index in [2.05, 4.69) is 78.9 Å². The Morgan fingerprint density at radius 2 is 0.824 bits per heavy atom. The Kier molecular flexibility index (Phi) is 6.79. The van der Waals surface area contributed by atoms with Crippen LogP contribution in [0.1, 0.15) is 0 Å². The Morgan fingerprint density at radius 3 is 1.47 bits per heavy atom. The van der Waals surface area contributed by atoms with Crippen LogP contribution in [0.2, 0.25) is 5.02 Å². The van der Waals surface area contributed by atoms with Gasteiger partial charge in [-0.05, 0) is 76.9 Å². The average Bonchev–Trinajstić information content (AvgIpc) is 3.77. The van der Waals surface area contributed by atoms with E-state index >= 15 is 0 Å². The van der Waals surface area contributed by atoms with Gasteiger partial charge in [-0.15, -0.1) is 0 Å². The van der Waals surface area contributed by atoms with Gasteiger partial charge in [0.1, 0.15) is 16.7 Å². The topological polar surface area (TPSA) is 65.0 Å². The Labute approximate surface area is 297 Å². The first-order valence-corrected chi connectivity index (χ1v) is 17.1. The average molecular weight is 676 g/mol. The second kappa shape index (κ2) is 11.8. The fraction of sp³-hybridized carbons (Fsp3) is 0. The van der Waals surface area contributed by atoms with Crippen LogP contribution in [-0.4, -0.2) is 15.0 Å². The molecule has 0 fully saturated rings. The standard InChI is InChI=1S/C45H26ClN3O2/c46-38-16-9-15-37-36-21-19-30(26-41(36)51-42(37)38)44-47-43(29-18-20-35-34-14-7-8-17-39(34)50-40(35)25-29)48-45(49-44)33-23-31(27-10-3-1-4-11-27)22-32(24-33)28-12-5-2-6-13-28/h1-26H. The minimum absolute atomic E-state index is 0.527. The molecule has 0 radical (unpaired) electrons. The quantitative estimate of drug-likeness (QED) is 0.182. The second-order valence-electron chi connectivity index (χ2n) is 12.6. The smallest absolute Gasteiger partial charge is 0.164 e. The Hall–Kier alpha value is -6.56. The van der Waals surface area contributed by atoms with Crippen LogP contribution in [-0.2, 0) is 0 Å². The van der Waals surface area contributed by atoms with Crippen LogP contribution < -0.4 is 0 Å². The van der Waals surface area contributed by atoms with E-state index in [0.29, 0.717) is 33.7 Å². The molecule has 51 heavy (non-hydrogen) atoms. The van der Waals surface area contributed by atoms with Crippen molar-refractivity contribution in [2.45, 2.75) is 0 Å². The van der Waals surface area contributed by atoms with Gasteiger partial charge < -0.3 is 8.83 Å². The van der Waals surface area contributed by atoms with Gasteiger partial charge in [-0.2, -0.15) is 0 Å². The van der Waals surface area contributed by atoms with E-state index in [9.17, 15) is 0 Å². The number of fused-ring (bicyclic) bond motifs is 6. The monoisotopic (exact) mass is 675 g/mol. The molecule has 3 heterocycles. The van der Waals surface area contributed by atoms with Gasteiger partial charge in [0.15, 0.2) is 23.1 Å². The molecule has 0 unspecified atom stereocenters. The van der Waals surface area contributed by atoms with Crippen LogP contribution in [0.5, 0.6) is 0 Å². The molecule has 0 saturated heterocycles. The van der Waals surface area contributed by atoms with Crippen molar-refractivity contribution in [1.29, 1.82) is 0 Å². The molecule has 3 aromatic heterocycles. The van der Waals surface area contributed by atoms with Gasteiger partial charge in [-0.3, -0.25) is 0 Å². The molecule has 0 aliphatic rings. The molecule has 0 spiro atoms. The summed E-state index contributed by atoms with van der Waals surface area (Å²) in [6.45, 7) is 0. The number of furan rings is 2. The van der Waals surface area contributed by atoms with Crippen molar-refractivity contribution in [3.8, 4) is 56.4 Å². The predicted molar refractivity (Wildman–Crippen MR) is 207 cm³/mol. The first-order valence-electron chi connectivity index (χ1n) is 16.7. The van der Waals surface area contributed by atoms with Crippen LogP contribution in [0.25, 0.3) is 100 Å². The minimum atomic E-state index is 0.527. The van der Waals surface area contributed by atoms with E-state index in [-0.39, 0.29) is 0 Å². The van der Waals surface area contributed by atoms with Crippen molar-refractivity contribution in [2.24, 2.45) is 0 Å². The number of para-hydroxylation sites is 2. The highest BCUT2D eigenvalue weighted by atomic mass is 35.5. The maximum atomic E-state index is 6.51. The van der Waals surface area contributed by atoms with Crippen molar-refractivity contribution in [3.63, 3.8) is 0 Å². The number of hydrogen-bond acceptors (Lipinski definition) is 5. The van der Waals surface area contributed by atoms with Crippen LogP contribution in [0, 0.1) is 0 Å². The van der Waals surface area contributed by atoms with E-state index in [0.717, 1.165) is 71.7 Å². The maximum Gasteiger partial charge on any atom is 0.164 e. The lowest BCUT2D eigenvalue weighted by Crippen LogP contribution is -2.00. The molecule has 6 heteroatoms. The lowest BCUT2D eigenvalue weighted by molar-refractivity contribution is 0.669. The van der Waals surface area contributed by atoms with Crippen LogP contribution >= 0.6 is 11.6 Å². The normalized spacial score (nSPS) is 11.6. The van der Waals surface area contributed by atoms with Gasteiger partial charge in [-0.1, -0.05) is 115 Å². The van der Waals surface area contributed by atoms with E-state index < -0.39 is 0 Å². The number of aromatic nitrogens is 3. The molecule has 7 aromatic carbocycles. The van der Waals surface area contributed by atoms with Gasteiger partial charge in [0.2, 0.25) is 0 Å². The van der Waals surface area contributed by atoms with Crippen molar-refractivity contribution in [3.05, 3.63) is 163 Å². The predicted octanol–water partition coefficient (Wildman–Crippen LogP) is 12.7. The van der Waals surface area contributed by atoms with Crippen LogP contribution in [0.3, 0.4) is 0 Å². The molecule has 0 aliphatic heterocycles. The van der Waals surface area contributed by atoms with Gasteiger partial charge >= 0.3 is 0 Å². The van der Waals surface area contributed by atoms with Gasteiger partial charge in [0.25, 0.3) is 0 Å². The third-order valence-electron chi connectivity index (χ3n) is 9.39. The van der Waals surface area contributed by atoms with E-state index in [1.165, 1.54) is 0 Å². The summed E-state index contributed by atoms with van der Waals surface area (Å²) in [5.74, 6) is 1.62. The lowest BCUT2D eigenvalue weighted by Gasteiger charge is -2.12. The minimum Gasteiger partial charge on any atom is -0.456 e. The summed E-state index contributed by atoms with van der Waals surface area (Å²) in [5, 5.41) is 4.63. The van der Waals surface area contributed by atoms with Gasteiger partial charge in [-0.25, -0.2) is 15.0 Å². The summed E-state index contributed by atoms with van der Waals surface area (Å²) >= 11 is 6.51. The second-order valence-corrected chi connectivity index (χ2v) is 13.0. The number of halogens is 1. The molecule has 240 valence electrons. The van der Waals surface area contributed by atoms with Crippen molar-refractivity contribution in [1.82, 2.24) is 15.0 Å². The summed E-state index contributed by atoms with van der Waals surface area (Å²) in [6.07, 6.45) is 0. The molecule has 0 N–H and O–H groups in total. The van der Waals surface area contributed by atoms with Crippen molar-refractivity contribution < 1.29 is 8.83 Å². The third-order valence-corrected chi connectivity index (χ3v) is 9.68. The first kappa shape index (κ1) is 29.4. The Bertz CT molecular complexity index is 2870. The molecule has 0 bridgehead atoms. The van der Waals surface area contributed by atoms with Gasteiger partial charge in [0.05, 0.1) is 5.02 Å². The number of benzene rings is 7. The number of rotatable bonds is 5. The lowest BCUT2D eigenvalue weighted by atomic mass is 9.96. The molecule has 5 nitrogen and oxygen atoms in total. The number of hydrogen-bond donors (Lipinski definition) is 0. The van der Waals surface area contributed by atoms with E-state index in [4.69, 9.17) is 35.4 Å². The molecule has 10 aromatic rings. The highest BCUT2D eigenvalue weighted by Gasteiger charge is 2.18. The molecule has 0 amide bonds. The Balaban J connectivity index is 1.20. The van der Waals surface area contributed by atoms with Gasteiger partial charge in [0, 0.05) is 38.2 Å². The third kappa shape index (κ3) is 5.14. The zero-order valence-corrected chi connectivity index (χ0v) is 27.8. The molecular formula is C45H26ClN3O2. The fourth-order valence-electron chi connectivity index (χ4n) is 6.88. The summed E-state index contributed by atoms with van der Waals surface area (Å²) in [6, 6.07) is 53.3. The zero-order valence-electron chi connectivity index (χ0n) is 27.0. The van der Waals surface area contributed by atoms with Crippen LogP contribution in [0.4, 0.5) is 0 Å². The van der Waals surface area contributed by atoms with Crippen molar-refractivity contribution in [2.75, 3.05) is 0 Å². The fourth-order valence-corrected chi connectivity index (χ4v) is 7.10. The summed E-state index contributed by atoms with van der Waals surface area (Å²) in [4.78, 5) is 15.3. The highest BCUT2D eigenvalue weighted by molar-refractivity contribution is 6.35. The maximum absolute atomic E-state index is 6.51. The zero-order chi connectivity index (χ0) is 33.9. The summed E-state index contributed by atoms with van der Waals surface area (Å²) in [5.41, 5.74) is 9.84. The molecule has 0 saturated carbocycles. The molecule has 0 atom stereocenters. The number of nitrogens with zero attached hydrogens (tertiary/aromatic N) is 3. The highest BCUT2D eigenvalue weighted by Crippen LogP contribution is 2.38. The molecule has 10 rings (SSSR count). The van der Waals surface area contributed by atoms with Crippen molar-refractivity contribution >= 4 is 55.5 Å². The largest absolute Gasteiger partial charge is 0.456 e.